The number of halogens is 3. The van der Waals surface area contributed by atoms with Gasteiger partial charge in [0.05, 0.1) is 6.10 Å². The summed E-state index contributed by atoms with van der Waals surface area (Å²) in [7, 11) is 0. The van der Waals surface area contributed by atoms with E-state index in [9.17, 15) is 13.2 Å². The average molecular weight is 417 g/mol. The molecule has 162 valence electrons. The molecule has 0 aromatic rings. The molecule has 0 amide bonds. The van der Waals surface area contributed by atoms with Gasteiger partial charge >= 0.3 is 0 Å². The molecule has 0 fully saturated rings. The first-order valence-corrected chi connectivity index (χ1v) is 9.44. The molecule has 0 spiro atoms. The van der Waals surface area contributed by atoms with Crippen molar-refractivity contribution in [3.8, 4) is 0 Å². The zero-order chi connectivity index (χ0) is 23.4. The molecule has 0 bridgehead atoms. The van der Waals surface area contributed by atoms with Crippen molar-refractivity contribution < 1.29 is 17.9 Å². The van der Waals surface area contributed by atoms with Gasteiger partial charge in [-0.2, -0.15) is 0 Å². The first kappa shape index (κ1) is 27.2. The highest BCUT2D eigenvalue weighted by Crippen LogP contribution is 2.28. The molecule has 0 saturated heterocycles. The highest BCUT2D eigenvalue weighted by atomic mass is 19.2. The monoisotopic (exact) mass is 416 g/mol. The minimum Gasteiger partial charge on any atom is -0.374 e. The number of allylic oxidation sites excluding steroid dienone is 11. The molecule has 0 aliphatic rings. The smallest absolute Gasteiger partial charge is 0.166 e. The Labute approximate surface area is 179 Å². The van der Waals surface area contributed by atoms with Crippen molar-refractivity contribution in [2.45, 2.75) is 32.8 Å². The number of rotatable bonds is 14. The van der Waals surface area contributed by atoms with Gasteiger partial charge in [-0.25, -0.2) is 13.2 Å². The molecule has 1 atom stereocenters. The molecule has 0 aliphatic carbocycles. The summed E-state index contributed by atoms with van der Waals surface area (Å²) >= 11 is 0. The molecule has 0 heterocycles. The van der Waals surface area contributed by atoms with Gasteiger partial charge in [0, 0.05) is 17.8 Å². The lowest BCUT2D eigenvalue weighted by molar-refractivity contribution is 0.0902. The maximum atomic E-state index is 14.4. The Morgan fingerprint density at radius 1 is 0.900 bits per heavy atom. The molecule has 0 rings (SSSR count). The van der Waals surface area contributed by atoms with E-state index in [0.29, 0.717) is 12.2 Å². The van der Waals surface area contributed by atoms with Crippen molar-refractivity contribution in [2.75, 3.05) is 6.61 Å². The molecule has 1 nitrogen and oxygen atoms in total. The van der Waals surface area contributed by atoms with Gasteiger partial charge in [0.1, 0.15) is 5.83 Å². The van der Waals surface area contributed by atoms with Crippen molar-refractivity contribution in [2.24, 2.45) is 0 Å². The zero-order valence-electron chi connectivity index (χ0n) is 18.0. The Balaban J connectivity index is 5.17. The Bertz CT molecular complexity index is 834. The Hall–Kier alpha value is -2.85. The Morgan fingerprint density at radius 3 is 2.00 bits per heavy atom. The quantitative estimate of drug-likeness (QED) is 0.204. The molecule has 0 aromatic carbocycles. The van der Waals surface area contributed by atoms with E-state index in [1.54, 1.807) is 6.92 Å². The van der Waals surface area contributed by atoms with E-state index in [-0.39, 0.29) is 34.3 Å². The van der Waals surface area contributed by atoms with Crippen LogP contribution < -0.4 is 0 Å². The predicted molar refractivity (Wildman–Crippen MR) is 123 cm³/mol. The summed E-state index contributed by atoms with van der Waals surface area (Å²) in [6.07, 6.45) is 5.92. The summed E-state index contributed by atoms with van der Waals surface area (Å²) in [5.41, 5.74) is 0.683. The SMILES string of the molecule is C=CCC(=C)/C(F)=C(/F)C(=C)C(=C)/C=C\C(=C)C(=C)/C=C(/F)C(=C)C(C)OCCC. The fraction of sp³-hybridized carbons (Fsp3) is 0.231. The summed E-state index contributed by atoms with van der Waals surface area (Å²) < 4.78 is 48.0. The predicted octanol–water partition coefficient (Wildman–Crippen LogP) is 8.28. The number of hydrogen-bond donors (Lipinski definition) is 0. The second kappa shape index (κ2) is 13.4. The second-order valence-corrected chi connectivity index (χ2v) is 6.64. The summed E-state index contributed by atoms with van der Waals surface area (Å²) in [6, 6.07) is 0. The van der Waals surface area contributed by atoms with E-state index < -0.39 is 23.6 Å². The summed E-state index contributed by atoms with van der Waals surface area (Å²) in [6.45, 7) is 29.5. The number of ether oxygens (including phenoxy) is 1. The average Bonchev–Trinajstić information content (AvgIpc) is 2.72. The van der Waals surface area contributed by atoms with E-state index in [4.69, 9.17) is 4.74 Å². The molecule has 0 N–H and O–H groups in total. The maximum absolute atomic E-state index is 14.4. The van der Waals surface area contributed by atoms with Crippen molar-refractivity contribution >= 4 is 0 Å². The van der Waals surface area contributed by atoms with Gasteiger partial charge in [0.25, 0.3) is 0 Å². The molecular weight excluding hydrogens is 385 g/mol. The Kier molecular flexibility index (Phi) is 12.1. The van der Waals surface area contributed by atoms with Crippen LogP contribution >= 0.6 is 0 Å². The molecular formula is C26H31F3O. The van der Waals surface area contributed by atoms with E-state index in [2.05, 4.69) is 46.1 Å². The van der Waals surface area contributed by atoms with Crippen LogP contribution in [0.5, 0.6) is 0 Å². The lowest BCUT2D eigenvalue weighted by Crippen LogP contribution is -2.12. The van der Waals surface area contributed by atoms with Crippen LogP contribution in [0.3, 0.4) is 0 Å². The number of hydrogen-bond acceptors (Lipinski definition) is 1. The summed E-state index contributed by atoms with van der Waals surface area (Å²) in [5, 5.41) is 0. The van der Waals surface area contributed by atoms with Crippen LogP contribution in [0.2, 0.25) is 0 Å². The lowest BCUT2D eigenvalue weighted by Gasteiger charge is -2.14. The van der Waals surface area contributed by atoms with E-state index in [1.807, 2.05) is 6.92 Å². The normalized spacial score (nSPS) is 13.4. The van der Waals surface area contributed by atoms with Crippen LogP contribution in [-0.4, -0.2) is 12.7 Å². The first-order valence-electron chi connectivity index (χ1n) is 9.44. The second-order valence-electron chi connectivity index (χ2n) is 6.64. The Morgan fingerprint density at radius 2 is 1.47 bits per heavy atom. The van der Waals surface area contributed by atoms with Gasteiger partial charge in [-0.3, -0.25) is 0 Å². The van der Waals surface area contributed by atoms with Crippen LogP contribution in [-0.2, 0) is 4.74 Å². The fourth-order valence-corrected chi connectivity index (χ4v) is 2.03. The minimum absolute atomic E-state index is 0.0452. The van der Waals surface area contributed by atoms with Gasteiger partial charge in [-0.1, -0.05) is 64.6 Å². The van der Waals surface area contributed by atoms with Crippen molar-refractivity contribution in [3.05, 3.63) is 121 Å². The van der Waals surface area contributed by atoms with Crippen molar-refractivity contribution in [3.63, 3.8) is 0 Å². The van der Waals surface area contributed by atoms with E-state index in [1.165, 1.54) is 24.3 Å². The molecule has 30 heavy (non-hydrogen) atoms. The third-order valence-electron chi connectivity index (χ3n) is 4.11. The highest BCUT2D eigenvalue weighted by Gasteiger charge is 2.14. The third-order valence-corrected chi connectivity index (χ3v) is 4.11. The molecule has 0 saturated carbocycles. The third kappa shape index (κ3) is 8.66. The lowest BCUT2D eigenvalue weighted by atomic mass is 10.0. The zero-order valence-corrected chi connectivity index (χ0v) is 18.0. The molecule has 0 aliphatic heterocycles. The van der Waals surface area contributed by atoms with Gasteiger partial charge in [-0.05, 0) is 48.1 Å². The first-order chi connectivity index (χ1) is 14.0. The minimum atomic E-state index is -1.15. The standard InChI is InChI=1S/C26H31F3O/c1-10-12-19(5)25(28)26(29)21(7)18(4)14-13-17(3)20(6)16-24(27)22(8)23(9)30-15-11-2/h10,13-14,16,23H,1,3-8,11-12,15H2,2,9H3/b14-13-,24-16+,26-25-. The van der Waals surface area contributed by atoms with Gasteiger partial charge in [-0.15, -0.1) is 6.58 Å². The largest absolute Gasteiger partial charge is 0.374 e. The maximum Gasteiger partial charge on any atom is 0.166 e. The fourth-order valence-electron chi connectivity index (χ4n) is 2.03. The molecule has 0 aromatic heterocycles. The van der Waals surface area contributed by atoms with Gasteiger partial charge in [0.2, 0.25) is 0 Å². The van der Waals surface area contributed by atoms with Gasteiger partial charge in [0.15, 0.2) is 11.7 Å². The highest BCUT2D eigenvalue weighted by molar-refractivity contribution is 5.53. The van der Waals surface area contributed by atoms with Crippen molar-refractivity contribution in [1.82, 2.24) is 0 Å². The van der Waals surface area contributed by atoms with E-state index >= 15 is 0 Å². The molecule has 0 radical (unpaired) electrons. The molecule has 1 unspecified atom stereocenters. The topological polar surface area (TPSA) is 9.23 Å². The summed E-state index contributed by atoms with van der Waals surface area (Å²) in [5.74, 6) is -2.82. The van der Waals surface area contributed by atoms with Crippen LogP contribution in [0, 0.1) is 0 Å². The van der Waals surface area contributed by atoms with Crippen LogP contribution in [0.4, 0.5) is 13.2 Å². The van der Waals surface area contributed by atoms with E-state index in [0.717, 1.165) is 6.42 Å². The van der Waals surface area contributed by atoms with Crippen molar-refractivity contribution in [1.29, 1.82) is 0 Å². The van der Waals surface area contributed by atoms with Crippen LogP contribution in [0.1, 0.15) is 26.7 Å². The summed E-state index contributed by atoms with van der Waals surface area (Å²) in [4.78, 5) is 0. The van der Waals surface area contributed by atoms with Crippen LogP contribution in [0.25, 0.3) is 0 Å². The van der Waals surface area contributed by atoms with Crippen LogP contribution in [0.15, 0.2) is 121 Å². The molecule has 4 heteroatoms. The van der Waals surface area contributed by atoms with Gasteiger partial charge < -0.3 is 4.74 Å².